The van der Waals surface area contributed by atoms with Crippen LogP contribution in [-0.4, -0.2) is 34.7 Å². The molecule has 0 radical (unpaired) electrons. The van der Waals surface area contributed by atoms with Gasteiger partial charge in [-0.25, -0.2) is 13.1 Å². The van der Waals surface area contributed by atoms with E-state index in [1.165, 1.54) is 6.07 Å². The van der Waals surface area contributed by atoms with Crippen molar-refractivity contribution in [2.24, 2.45) is 5.41 Å². The van der Waals surface area contributed by atoms with E-state index in [1.807, 2.05) is 6.92 Å². The Labute approximate surface area is 151 Å². The Balaban J connectivity index is 0.00000288. The lowest BCUT2D eigenvalue weighted by atomic mass is 9.81. The number of halogens is 4. The van der Waals surface area contributed by atoms with Crippen LogP contribution in [0.25, 0.3) is 0 Å². The van der Waals surface area contributed by atoms with Gasteiger partial charge < -0.3 is 10.1 Å². The van der Waals surface area contributed by atoms with Gasteiger partial charge >= 0.3 is 6.61 Å². The number of benzene rings is 1. The summed E-state index contributed by atoms with van der Waals surface area (Å²) < 4.78 is 55.8. The van der Waals surface area contributed by atoms with Crippen molar-refractivity contribution in [3.63, 3.8) is 0 Å². The molecule has 138 valence electrons. The molecule has 1 aliphatic heterocycles. The third-order valence-corrected chi connectivity index (χ3v) is 5.62. The number of sulfonamides is 1. The van der Waals surface area contributed by atoms with Gasteiger partial charge in [-0.3, -0.25) is 0 Å². The molecule has 0 unspecified atom stereocenters. The number of piperidine rings is 1. The minimum atomic E-state index is -3.76. The maximum Gasteiger partial charge on any atom is 0.387 e. The third kappa shape index (κ3) is 5.70. The molecule has 0 saturated carbocycles. The SMILES string of the molecule is CC1(CNS(=O)(=O)c2ccc(OC(F)F)c(Cl)c2)CCNCC1.Cl. The number of alkyl halides is 2. The first-order valence-corrected chi connectivity index (χ1v) is 9.03. The minimum absolute atomic E-state index is 0. The Morgan fingerprint density at radius 3 is 2.54 bits per heavy atom. The first-order valence-electron chi connectivity index (χ1n) is 7.17. The van der Waals surface area contributed by atoms with E-state index >= 15 is 0 Å². The highest BCUT2D eigenvalue weighted by Gasteiger charge is 2.29. The second-order valence-corrected chi connectivity index (χ2v) is 8.03. The number of nitrogens with one attached hydrogen (secondary N) is 2. The summed E-state index contributed by atoms with van der Waals surface area (Å²) in [6, 6.07) is 3.42. The molecule has 1 aromatic carbocycles. The molecule has 2 rings (SSSR count). The molecular formula is C14H20Cl2F2N2O3S. The van der Waals surface area contributed by atoms with Crippen molar-refractivity contribution in [2.45, 2.75) is 31.3 Å². The predicted molar refractivity (Wildman–Crippen MR) is 90.7 cm³/mol. The number of rotatable bonds is 6. The number of ether oxygens (including phenoxy) is 1. The zero-order valence-corrected chi connectivity index (χ0v) is 15.4. The number of hydrogen-bond acceptors (Lipinski definition) is 4. The first-order chi connectivity index (χ1) is 10.7. The summed E-state index contributed by atoms with van der Waals surface area (Å²) in [4.78, 5) is -0.0818. The molecule has 1 aromatic rings. The minimum Gasteiger partial charge on any atom is -0.433 e. The lowest BCUT2D eigenvalue weighted by Crippen LogP contribution is -2.42. The highest BCUT2D eigenvalue weighted by atomic mass is 35.5. The molecule has 0 aromatic heterocycles. The standard InChI is InChI=1S/C14H19ClF2N2O3S.ClH/c1-14(4-6-18-7-5-14)9-19-23(20,21)10-2-3-12(11(15)8-10)22-13(16)17;/h2-3,8,13,18-19H,4-7,9H2,1H3;1H. The van der Waals surface area contributed by atoms with Gasteiger partial charge in [0.2, 0.25) is 10.0 Å². The quantitative estimate of drug-likeness (QED) is 0.764. The lowest BCUT2D eigenvalue weighted by molar-refractivity contribution is -0.0498. The second-order valence-electron chi connectivity index (χ2n) is 5.86. The van der Waals surface area contributed by atoms with Crippen LogP contribution in [0.15, 0.2) is 23.1 Å². The summed E-state index contributed by atoms with van der Waals surface area (Å²) in [6.07, 6.45) is 1.74. The van der Waals surface area contributed by atoms with E-state index in [0.29, 0.717) is 6.54 Å². The van der Waals surface area contributed by atoms with Crippen molar-refractivity contribution in [2.75, 3.05) is 19.6 Å². The van der Waals surface area contributed by atoms with Gasteiger partial charge in [-0.1, -0.05) is 18.5 Å². The summed E-state index contributed by atoms with van der Waals surface area (Å²) in [6.45, 7) is 1.02. The zero-order valence-electron chi connectivity index (χ0n) is 13.0. The molecule has 0 spiro atoms. The Hall–Kier alpha value is -0.670. The van der Waals surface area contributed by atoms with E-state index < -0.39 is 16.6 Å². The smallest absolute Gasteiger partial charge is 0.387 e. The summed E-state index contributed by atoms with van der Waals surface area (Å²) in [5.74, 6) is -0.258. The van der Waals surface area contributed by atoms with Crippen LogP contribution in [-0.2, 0) is 10.0 Å². The van der Waals surface area contributed by atoms with Crippen molar-refractivity contribution < 1.29 is 21.9 Å². The van der Waals surface area contributed by atoms with E-state index in [4.69, 9.17) is 11.6 Å². The topological polar surface area (TPSA) is 67.4 Å². The molecule has 0 atom stereocenters. The predicted octanol–water partition coefficient (Wildman–Crippen LogP) is 3.03. The molecule has 2 N–H and O–H groups in total. The van der Waals surface area contributed by atoms with E-state index in [1.54, 1.807) is 0 Å². The molecular weight excluding hydrogens is 385 g/mol. The normalized spacial score (nSPS) is 17.4. The molecule has 0 aliphatic carbocycles. The van der Waals surface area contributed by atoms with Crippen molar-refractivity contribution in [1.29, 1.82) is 0 Å². The van der Waals surface area contributed by atoms with E-state index in [2.05, 4.69) is 14.8 Å². The monoisotopic (exact) mass is 404 g/mol. The Morgan fingerprint density at radius 1 is 1.38 bits per heavy atom. The molecule has 0 bridgehead atoms. The van der Waals surface area contributed by atoms with Crippen LogP contribution in [0.1, 0.15) is 19.8 Å². The van der Waals surface area contributed by atoms with Gasteiger partial charge in [-0.05, 0) is 49.5 Å². The molecule has 5 nitrogen and oxygen atoms in total. The number of hydrogen-bond donors (Lipinski definition) is 2. The molecule has 1 fully saturated rings. The average Bonchev–Trinajstić information content (AvgIpc) is 2.48. The van der Waals surface area contributed by atoms with Crippen molar-refractivity contribution in [3.8, 4) is 5.75 Å². The highest BCUT2D eigenvalue weighted by Crippen LogP contribution is 2.30. The Bertz CT molecular complexity index is 653. The van der Waals surface area contributed by atoms with Gasteiger partial charge in [0.05, 0.1) is 9.92 Å². The van der Waals surface area contributed by atoms with Crippen LogP contribution < -0.4 is 14.8 Å². The maximum atomic E-state index is 12.3. The van der Waals surface area contributed by atoms with Gasteiger partial charge in [0.1, 0.15) is 5.75 Å². The van der Waals surface area contributed by atoms with E-state index in [-0.39, 0.29) is 33.5 Å². The summed E-state index contributed by atoms with van der Waals surface area (Å²) in [7, 11) is -3.76. The Morgan fingerprint density at radius 2 is 2.00 bits per heavy atom. The van der Waals surface area contributed by atoms with Crippen LogP contribution in [0.4, 0.5) is 8.78 Å². The van der Waals surface area contributed by atoms with Crippen LogP contribution in [0, 0.1) is 5.41 Å². The summed E-state index contributed by atoms with van der Waals surface area (Å²) in [5, 5.41) is 3.05. The maximum absolute atomic E-state index is 12.3. The third-order valence-electron chi connectivity index (χ3n) is 3.93. The van der Waals surface area contributed by atoms with Crippen LogP contribution in [0.3, 0.4) is 0 Å². The molecule has 1 aliphatic rings. The zero-order chi connectivity index (χ0) is 17.1. The summed E-state index contributed by atoms with van der Waals surface area (Å²) in [5.41, 5.74) is -0.110. The van der Waals surface area contributed by atoms with Gasteiger partial charge in [0.15, 0.2) is 0 Å². The lowest BCUT2D eigenvalue weighted by Gasteiger charge is -2.34. The van der Waals surface area contributed by atoms with Crippen LogP contribution in [0.2, 0.25) is 5.02 Å². The highest BCUT2D eigenvalue weighted by molar-refractivity contribution is 7.89. The first kappa shape index (κ1) is 21.4. The molecule has 10 heteroatoms. The average molecular weight is 405 g/mol. The Kier molecular flexibility index (Phi) is 7.68. The molecule has 24 heavy (non-hydrogen) atoms. The van der Waals surface area contributed by atoms with Crippen molar-refractivity contribution in [1.82, 2.24) is 10.0 Å². The molecule has 0 amide bonds. The van der Waals surface area contributed by atoms with Gasteiger partial charge in [-0.2, -0.15) is 8.78 Å². The van der Waals surface area contributed by atoms with E-state index in [9.17, 15) is 17.2 Å². The molecule has 1 heterocycles. The van der Waals surface area contributed by atoms with E-state index in [0.717, 1.165) is 38.1 Å². The van der Waals surface area contributed by atoms with Gasteiger partial charge in [0.25, 0.3) is 0 Å². The fourth-order valence-electron chi connectivity index (χ4n) is 2.40. The van der Waals surface area contributed by atoms with Crippen LogP contribution in [0.5, 0.6) is 5.75 Å². The van der Waals surface area contributed by atoms with Crippen molar-refractivity contribution in [3.05, 3.63) is 23.2 Å². The fraction of sp³-hybridized carbons (Fsp3) is 0.571. The second kappa shape index (κ2) is 8.62. The van der Waals surface area contributed by atoms with Crippen LogP contribution >= 0.6 is 24.0 Å². The van der Waals surface area contributed by atoms with Gasteiger partial charge in [0, 0.05) is 6.54 Å². The van der Waals surface area contributed by atoms with Gasteiger partial charge in [-0.15, -0.1) is 12.4 Å². The molecule has 1 saturated heterocycles. The fourth-order valence-corrected chi connectivity index (χ4v) is 3.92. The summed E-state index contributed by atoms with van der Waals surface area (Å²) >= 11 is 5.80. The van der Waals surface area contributed by atoms with Crippen molar-refractivity contribution >= 4 is 34.0 Å². The largest absolute Gasteiger partial charge is 0.433 e.